The number of aromatic nitrogens is 3. The molecule has 0 bridgehead atoms. The van der Waals surface area contributed by atoms with Crippen LogP contribution in [0.5, 0.6) is 0 Å². The summed E-state index contributed by atoms with van der Waals surface area (Å²) in [6, 6.07) is 6.04. The number of aryl methyl sites for hydroxylation is 3. The molecule has 0 unspecified atom stereocenters. The molecule has 0 saturated carbocycles. The molecule has 0 radical (unpaired) electrons. The van der Waals surface area contributed by atoms with Crippen LogP contribution in [0.1, 0.15) is 49.5 Å². The second kappa shape index (κ2) is 5.74. The van der Waals surface area contributed by atoms with Crippen LogP contribution in [0, 0.1) is 5.41 Å². The predicted molar refractivity (Wildman–Crippen MR) is 106 cm³/mol. The van der Waals surface area contributed by atoms with E-state index in [0.29, 0.717) is 0 Å². The molecule has 2 aromatic heterocycles. The molecule has 5 heteroatoms. The van der Waals surface area contributed by atoms with Crippen LogP contribution < -0.4 is 5.56 Å². The summed E-state index contributed by atoms with van der Waals surface area (Å²) in [6.07, 6.45) is 6.71. The van der Waals surface area contributed by atoms with Crippen LogP contribution in [0.2, 0.25) is 0 Å². The van der Waals surface area contributed by atoms with Gasteiger partial charge in [0.05, 0.1) is 16.6 Å². The molecule has 2 aliphatic rings. The molecule has 134 valence electrons. The number of hydrogen-bond acceptors (Lipinski definition) is 4. The van der Waals surface area contributed by atoms with Gasteiger partial charge in [-0.05, 0) is 49.7 Å². The van der Waals surface area contributed by atoms with Crippen molar-refractivity contribution in [1.29, 1.82) is 0 Å². The summed E-state index contributed by atoms with van der Waals surface area (Å²) >= 11 is 1.81. The monoisotopic (exact) mass is 365 g/mol. The Labute approximate surface area is 156 Å². The molecule has 1 aliphatic carbocycles. The van der Waals surface area contributed by atoms with Crippen LogP contribution >= 0.6 is 11.3 Å². The summed E-state index contributed by atoms with van der Waals surface area (Å²) in [5.41, 5.74) is 3.43. The smallest absolute Gasteiger partial charge is 0.261 e. The van der Waals surface area contributed by atoms with Gasteiger partial charge in [-0.1, -0.05) is 19.9 Å². The number of benzene rings is 1. The van der Waals surface area contributed by atoms with Gasteiger partial charge in [0, 0.05) is 23.4 Å². The molecular formula is C21H23N3OS. The summed E-state index contributed by atoms with van der Waals surface area (Å²) in [5, 5.41) is 1.79. The maximum atomic E-state index is 13.0. The summed E-state index contributed by atoms with van der Waals surface area (Å²) < 4.78 is 1.88. The van der Waals surface area contributed by atoms with Gasteiger partial charge < -0.3 is 0 Å². The summed E-state index contributed by atoms with van der Waals surface area (Å²) in [5.74, 6) is 0.928. The summed E-state index contributed by atoms with van der Waals surface area (Å²) in [4.78, 5) is 24.1. The lowest BCUT2D eigenvalue weighted by Gasteiger charge is -2.31. The minimum Gasteiger partial charge on any atom is -0.296 e. The van der Waals surface area contributed by atoms with Gasteiger partial charge in [0.25, 0.3) is 5.56 Å². The second-order valence-corrected chi connectivity index (χ2v) is 9.50. The van der Waals surface area contributed by atoms with E-state index in [1.54, 1.807) is 0 Å². The molecule has 4 nitrogen and oxygen atoms in total. The Balaban J connectivity index is 1.62. The van der Waals surface area contributed by atoms with Crippen LogP contribution in [0.25, 0.3) is 21.5 Å². The number of thiazole rings is 1. The molecule has 0 fully saturated rings. The Morgan fingerprint density at radius 3 is 2.81 bits per heavy atom. The molecule has 0 saturated heterocycles. The standard InChI is InChI=1S/C21H23N3OS/c1-21(2)10-9-18-22-16-11-13(7-8-14(16)20(25)24(18)12-21)19-23-15-5-3-4-6-17(15)26-19/h7-8,11H,3-6,9-10,12H2,1-2H3. The average Bonchev–Trinajstić information content (AvgIpc) is 3.06. The van der Waals surface area contributed by atoms with Crippen molar-refractivity contribution in [2.24, 2.45) is 5.41 Å². The Morgan fingerprint density at radius 1 is 1.12 bits per heavy atom. The van der Waals surface area contributed by atoms with Crippen molar-refractivity contribution in [1.82, 2.24) is 14.5 Å². The van der Waals surface area contributed by atoms with E-state index in [4.69, 9.17) is 9.97 Å². The minimum absolute atomic E-state index is 0.0998. The second-order valence-electron chi connectivity index (χ2n) is 8.41. The minimum atomic E-state index is 0.0998. The van der Waals surface area contributed by atoms with Gasteiger partial charge in [0.1, 0.15) is 10.8 Å². The molecule has 0 atom stereocenters. The van der Waals surface area contributed by atoms with Crippen molar-refractivity contribution in [3.05, 3.63) is 44.9 Å². The van der Waals surface area contributed by atoms with Gasteiger partial charge in [-0.15, -0.1) is 11.3 Å². The van der Waals surface area contributed by atoms with Gasteiger partial charge in [-0.3, -0.25) is 9.36 Å². The number of nitrogens with zero attached hydrogens (tertiary/aromatic N) is 3. The third-order valence-electron chi connectivity index (χ3n) is 5.74. The zero-order valence-corrected chi connectivity index (χ0v) is 16.2. The van der Waals surface area contributed by atoms with Crippen molar-refractivity contribution in [3.8, 4) is 10.6 Å². The highest BCUT2D eigenvalue weighted by molar-refractivity contribution is 7.15. The maximum Gasteiger partial charge on any atom is 0.261 e. The van der Waals surface area contributed by atoms with E-state index in [1.165, 1.54) is 23.4 Å². The maximum absolute atomic E-state index is 13.0. The number of fused-ring (bicyclic) bond motifs is 3. The third kappa shape index (κ3) is 2.60. The van der Waals surface area contributed by atoms with E-state index in [0.717, 1.165) is 59.5 Å². The zero-order valence-electron chi connectivity index (χ0n) is 15.3. The highest BCUT2D eigenvalue weighted by Gasteiger charge is 2.27. The quantitative estimate of drug-likeness (QED) is 0.643. The first kappa shape index (κ1) is 16.2. The zero-order chi connectivity index (χ0) is 17.9. The highest BCUT2D eigenvalue weighted by atomic mass is 32.1. The fourth-order valence-electron chi connectivity index (χ4n) is 4.19. The molecule has 0 spiro atoms. The molecule has 26 heavy (non-hydrogen) atoms. The van der Waals surface area contributed by atoms with Crippen LogP contribution in [0.15, 0.2) is 23.0 Å². The van der Waals surface area contributed by atoms with Crippen LogP contribution in [0.4, 0.5) is 0 Å². The Hall–Kier alpha value is -2.01. The fraction of sp³-hybridized carbons (Fsp3) is 0.476. The van der Waals surface area contributed by atoms with Crippen LogP contribution in [-0.2, 0) is 25.8 Å². The molecule has 3 heterocycles. The Kier molecular flexibility index (Phi) is 3.58. The average molecular weight is 366 g/mol. The molecule has 1 aromatic carbocycles. The van der Waals surface area contributed by atoms with Crippen LogP contribution in [-0.4, -0.2) is 14.5 Å². The Morgan fingerprint density at radius 2 is 1.96 bits per heavy atom. The van der Waals surface area contributed by atoms with Crippen molar-refractivity contribution in [3.63, 3.8) is 0 Å². The molecule has 0 amide bonds. The third-order valence-corrected chi connectivity index (χ3v) is 6.95. The topological polar surface area (TPSA) is 47.8 Å². The van der Waals surface area contributed by atoms with E-state index in [1.807, 2.05) is 28.0 Å². The Bertz CT molecular complexity index is 1050. The lowest BCUT2D eigenvalue weighted by molar-refractivity contribution is 0.240. The van der Waals surface area contributed by atoms with Gasteiger partial charge in [0.15, 0.2) is 0 Å². The first-order valence-electron chi connectivity index (χ1n) is 9.53. The molecule has 5 rings (SSSR count). The normalized spacial score (nSPS) is 18.5. The van der Waals surface area contributed by atoms with Gasteiger partial charge >= 0.3 is 0 Å². The largest absolute Gasteiger partial charge is 0.296 e. The van der Waals surface area contributed by atoms with E-state index >= 15 is 0 Å². The lowest BCUT2D eigenvalue weighted by Crippen LogP contribution is -2.36. The van der Waals surface area contributed by atoms with Gasteiger partial charge in [-0.25, -0.2) is 9.97 Å². The summed E-state index contributed by atoms with van der Waals surface area (Å²) in [6.45, 7) is 5.20. The van der Waals surface area contributed by atoms with Gasteiger partial charge in [0.2, 0.25) is 0 Å². The molecule has 0 N–H and O–H groups in total. The molecule has 3 aromatic rings. The van der Waals surface area contributed by atoms with E-state index in [-0.39, 0.29) is 11.0 Å². The van der Waals surface area contributed by atoms with Gasteiger partial charge in [-0.2, -0.15) is 0 Å². The fourth-order valence-corrected chi connectivity index (χ4v) is 5.33. The first-order chi connectivity index (χ1) is 12.5. The molecule has 1 aliphatic heterocycles. The van der Waals surface area contributed by atoms with E-state index in [2.05, 4.69) is 19.9 Å². The van der Waals surface area contributed by atoms with Crippen molar-refractivity contribution in [2.45, 2.75) is 58.9 Å². The molecular weight excluding hydrogens is 342 g/mol. The first-order valence-corrected chi connectivity index (χ1v) is 10.3. The van der Waals surface area contributed by atoms with Crippen molar-refractivity contribution in [2.75, 3.05) is 0 Å². The SMILES string of the molecule is CC1(C)CCc2nc3cc(-c4nc5c(s4)CCCC5)ccc3c(=O)n2C1. The lowest BCUT2D eigenvalue weighted by atomic mass is 9.85. The van der Waals surface area contributed by atoms with Crippen molar-refractivity contribution >= 4 is 22.2 Å². The van der Waals surface area contributed by atoms with Crippen molar-refractivity contribution < 1.29 is 0 Å². The van der Waals surface area contributed by atoms with Crippen LogP contribution in [0.3, 0.4) is 0 Å². The van der Waals surface area contributed by atoms with E-state index < -0.39 is 0 Å². The predicted octanol–water partition coefficient (Wildman–Crippen LogP) is 4.37. The highest BCUT2D eigenvalue weighted by Crippen LogP contribution is 2.34. The van der Waals surface area contributed by atoms with E-state index in [9.17, 15) is 4.79 Å². The summed E-state index contributed by atoms with van der Waals surface area (Å²) in [7, 11) is 0. The number of rotatable bonds is 1. The number of hydrogen-bond donors (Lipinski definition) is 0.